The Hall–Kier alpha value is -1.42. The predicted molar refractivity (Wildman–Crippen MR) is 72.6 cm³/mol. The summed E-state index contributed by atoms with van der Waals surface area (Å²) in [6, 6.07) is 4.08. The van der Waals surface area contributed by atoms with Gasteiger partial charge < -0.3 is 9.88 Å². The summed E-state index contributed by atoms with van der Waals surface area (Å²) in [6.45, 7) is 4.45. The van der Waals surface area contributed by atoms with E-state index >= 15 is 0 Å². The van der Waals surface area contributed by atoms with Gasteiger partial charge in [0.05, 0.1) is 5.52 Å². The number of imidazole rings is 1. The summed E-state index contributed by atoms with van der Waals surface area (Å²) >= 11 is 0. The van der Waals surface area contributed by atoms with Crippen LogP contribution in [0.5, 0.6) is 0 Å². The zero-order valence-corrected chi connectivity index (χ0v) is 11.1. The number of hydrogen-bond donors (Lipinski definition) is 1. The van der Waals surface area contributed by atoms with Crippen molar-refractivity contribution in [1.82, 2.24) is 19.9 Å². The molecule has 96 valence electrons. The van der Waals surface area contributed by atoms with Gasteiger partial charge in [-0.25, -0.2) is 9.97 Å². The molecule has 1 fully saturated rings. The van der Waals surface area contributed by atoms with Gasteiger partial charge in [0.25, 0.3) is 0 Å². The molecule has 0 radical (unpaired) electrons. The Bertz CT molecular complexity index is 552. The quantitative estimate of drug-likeness (QED) is 0.878. The second-order valence-corrected chi connectivity index (χ2v) is 5.22. The van der Waals surface area contributed by atoms with Gasteiger partial charge in [-0.3, -0.25) is 0 Å². The molecule has 3 heterocycles. The van der Waals surface area contributed by atoms with E-state index in [1.54, 1.807) is 0 Å². The maximum atomic E-state index is 4.80. The topological polar surface area (TPSA) is 42.7 Å². The highest BCUT2D eigenvalue weighted by molar-refractivity contribution is 5.71. The summed E-state index contributed by atoms with van der Waals surface area (Å²) in [4.78, 5) is 9.18. The Balaban J connectivity index is 2.14. The van der Waals surface area contributed by atoms with Crippen molar-refractivity contribution in [1.29, 1.82) is 0 Å². The van der Waals surface area contributed by atoms with Crippen LogP contribution in [0.1, 0.15) is 32.0 Å². The molecule has 18 heavy (non-hydrogen) atoms. The van der Waals surface area contributed by atoms with E-state index < -0.39 is 0 Å². The lowest BCUT2D eigenvalue weighted by molar-refractivity contribution is 0.277. The van der Waals surface area contributed by atoms with Crippen LogP contribution in [0.25, 0.3) is 11.2 Å². The number of aryl methyl sites for hydroxylation is 1. The van der Waals surface area contributed by atoms with Crippen LogP contribution < -0.4 is 5.32 Å². The van der Waals surface area contributed by atoms with Crippen LogP contribution >= 0.6 is 0 Å². The van der Waals surface area contributed by atoms with E-state index in [1.165, 1.54) is 18.7 Å². The molecule has 2 aromatic rings. The lowest BCUT2D eigenvalue weighted by atomic mass is 9.76. The summed E-state index contributed by atoms with van der Waals surface area (Å²) in [7, 11) is 2.12. The zero-order valence-electron chi connectivity index (χ0n) is 11.1. The maximum absolute atomic E-state index is 4.80. The molecule has 3 rings (SSSR count). The molecule has 1 N–H and O–H groups in total. The third kappa shape index (κ3) is 1.63. The molecular weight excluding hydrogens is 224 g/mol. The minimum Gasteiger partial charge on any atom is -0.329 e. The second-order valence-electron chi connectivity index (χ2n) is 5.22. The van der Waals surface area contributed by atoms with Crippen molar-refractivity contribution in [3.63, 3.8) is 0 Å². The molecule has 2 aromatic heterocycles. The molecular formula is C14H20N4. The Labute approximate surface area is 107 Å². The Kier molecular flexibility index (Phi) is 2.82. The van der Waals surface area contributed by atoms with Gasteiger partial charge in [-0.1, -0.05) is 6.92 Å². The molecule has 0 bridgehead atoms. The fraction of sp³-hybridized carbons (Fsp3) is 0.571. The van der Waals surface area contributed by atoms with Gasteiger partial charge in [-0.2, -0.15) is 0 Å². The van der Waals surface area contributed by atoms with Gasteiger partial charge in [-0.05, 0) is 44.5 Å². The number of nitrogens with one attached hydrogen (secondary N) is 1. The van der Waals surface area contributed by atoms with Gasteiger partial charge in [-0.15, -0.1) is 0 Å². The summed E-state index contributed by atoms with van der Waals surface area (Å²) in [5, 5.41) is 3.44. The average Bonchev–Trinajstić information content (AvgIpc) is 2.78. The maximum Gasteiger partial charge on any atom is 0.177 e. The van der Waals surface area contributed by atoms with Crippen molar-refractivity contribution in [3.8, 4) is 0 Å². The van der Waals surface area contributed by atoms with Gasteiger partial charge in [0, 0.05) is 18.7 Å². The molecule has 4 heteroatoms. The van der Waals surface area contributed by atoms with E-state index in [2.05, 4.69) is 34.9 Å². The Morgan fingerprint density at radius 2 is 2.17 bits per heavy atom. The third-order valence-electron chi connectivity index (χ3n) is 4.37. The van der Waals surface area contributed by atoms with Crippen LogP contribution in [0, 0.1) is 0 Å². The van der Waals surface area contributed by atoms with Crippen molar-refractivity contribution < 1.29 is 0 Å². The first-order valence-corrected chi connectivity index (χ1v) is 6.75. The SMILES string of the molecule is CCC1(c2nc3ncccc3n2C)CCNCC1. The Morgan fingerprint density at radius 3 is 2.83 bits per heavy atom. The van der Waals surface area contributed by atoms with Crippen LogP contribution in [0.4, 0.5) is 0 Å². The monoisotopic (exact) mass is 244 g/mol. The first-order chi connectivity index (χ1) is 8.77. The van der Waals surface area contributed by atoms with Crippen LogP contribution in [0.3, 0.4) is 0 Å². The van der Waals surface area contributed by atoms with E-state index in [-0.39, 0.29) is 5.41 Å². The molecule has 0 aromatic carbocycles. The largest absolute Gasteiger partial charge is 0.329 e. The minimum atomic E-state index is 0.223. The Morgan fingerprint density at radius 1 is 1.39 bits per heavy atom. The zero-order chi connectivity index (χ0) is 12.6. The van der Waals surface area contributed by atoms with Crippen LogP contribution in [0.15, 0.2) is 18.3 Å². The number of nitrogens with zero attached hydrogens (tertiary/aromatic N) is 3. The highest BCUT2D eigenvalue weighted by atomic mass is 15.1. The first kappa shape index (κ1) is 11.7. The van der Waals surface area contributed by atoms with Crippen molar-refractivity contribution >= 4 is 11.2 Å². The second kappa shape index (κ2) is 4.35. The third-order valence-corrected chi connectivity index (χ3v) is 4.37. The molecule has 0 amide bonds. The highest BCUT2D eigenvalue weighted by Crippen LogP contribution is 2.36. The number of hydrogen-bond acceptors (Lipinski definition) is 3. The molecule has 0 unspecified atom stereocenters. The van der Waals surface area contributed by atoms with Gasteiger partial charge in [0.2, 0.25) is 0 Å². The highest BCUT2D eigenvalue weighted by Gasteiger charge is 2.36. The van der Waals surface area contributed by atoms with E-state index in [0.29, 0.717) is 0 Å². The van der Waals surface area contributed by atoms with Gasteiger partial charge >= 0.3 is 0 Å². The van der Waals surface area contributed by atoms with E-state index in [0.717, 1.165) is 30.7 Å². The van der Waals surface area contributed by atoms with E-state index in [1.807, 2.05) is 12.3 Å². The molecule has 1 aliphatic rings. The molecule has 0 atom stereocenters. The van der Waals surface area contributed by atoms with Gasteiger partial charge in [0.15, 0.2) is 5.65 Å². The number of rotatable bonds is 2. The van der Waals surface area contributed by atoms with Crippen LogP contribution in [-0.2, 0) is 12.5 Å². The number of fused-ring (bicyclic) bond motifs is 1. The fourth-order valence-corrected chi connectivity index (χ4v) is 3.14. The summed E-state index contributed by atoms with van der Waals surface area (Å²) < 4.78 is 2.23. The molecule has 0 aliphatic carbocycles. The number of aromatic nitrogens is 3. The summed E-state index contributed by atoms with van der Waals surface area (Å²) in [5.74, 6) is 1.21. The summed E-state index contributed by atoms with van der Waals surface area (Å²) in [5.41, 5.74) is 2.24. The number of pyridine rings is 1. The van der Waals surface area contributed by atoms with Crippen LogP contribution in [0.2, 0.25) is 0 Å². The normalized spacial score (nSPS) is 19.2. The predicted octanol–water partition coefficient (Wildman–Crippen LogP) is 2.00. The lowest BCUT2D eigenvalue weighted by Gasteiger charge is -2.36. The lowest BCUT2D eigenvalue weighted by Crippen LogP contribution is -2.41. The summed E-state index contributed by atoms with van der Waals surface area (Å²) in [6.07, 6.45) is 5.30. The van der Waals surface area contributed by atoms with Crippen molar-refractivity contribution in [2.75, 3.05) is 13.1 Å². The first-order valence-electron chi connectivity index (χ1n) is 6.75. The van der Waals surface area contributed by atoms with Crippen molar-refractivity contribution in [2.24, 2.45) is 7.05 Å². The smallest absolute Gasteiger partial charge is 0.177 e. The molecule has 1 saturated heterocycles. The molecule has 0 saturated carbocycles. The number of piperidine rings is 1. The van der Waals surface area contributed by atoms with E-state index in [4.69, 9.17) is 4.98 Å². The van der Waals surface area contributed by atoms with E-state index in [9.17, 15) is 0 Å². The standard InChI is InChI=1S/C14H20N4/c1-3-14(6-9-15-10-7-14)13-17-12-11(18(13)2)5-4-8-16-12/h4-5,8,15H,3,6-7,9-10H2,1-2H3. The molecule has 1 aliphatic heterocycles. The van der Waals surface area contributed by atoms with Crippen molar-refractivity contribution in [2.45, 2.75) is 31.6 Å². The molecule has 0 spiro atoms. The molecule has 4 nitrogen and oxygen atoms in total. The van der Waals surface area contributed by atoms with Crippen LogP contribution in [-0.4, -0.2) is 27.6 Å². The fourth-order valence-electron chi connectivity index (χ4n) is 3.14. The average molecular weight is 244 g/mol. The minimum absolute atomic E-state index is 0.223. The van der Waals surface area contributed by atoms with Crippen molar-refractivity contribution in [3.05, 3.63) is 24.2 Å². The van der Waals surface area contributed by atoms with Gasteiger partial charge in [0.1, 0.15) is 5.82 Å².